The predicted molar refractivity (Wildman–Crippen MR) is 93.4 cm³/mol. The fourth-order valence-corrected chi connectivity index (χ4v) is 2.21. The van der Waals surface area contributed by atoms with E-state index < -0.39 is 16.6 Å². The summed E-state index contributed by atoms with van der Waals surface area (Å²) < 4.78 is 20.5. The molecule has 0 aromatic heterocycles. The largest absolute Gasteiger partial charge is 0.493 e. The standard InChI is InChI=1S/C17H16ClNO7/c1-23-15-9-13(14(19(21)22)10-16(15)24-2)17(20)26-8-7-25-12-5-3-11(18)4-6-12/h3-6,9-10H,7-8H2,1-2H3. The molecule has 0 saturated heterocycles. The molecule has 2 rings (SSSR count). The highest BCUT2D eigenvalue weighted by atomic mass is 35.5. The molecule has 0 spiro atoms. The molecule has 0 atom stereocenters. The van der Waals surface area contributed by atoms with Crippen LogP contribution in [0.3, 0.4) is 0 Å². The van der Waals surface area contributed by atoms with Gasteiger partial charge < -0.3 is 18.9 Å². The van der Waals surface area contributed by atoms with Crippen molar-refractivity contribution >= 4 is 23.3 Å². The minimum absolute atomic E-state index is 0.0778. The van der Waals surface area contributed by atoms with E-state index in [1.807, 2.05) is 0 Å². The Morgan fingerprint density at radius 3 is 2.27 bits per heavy atom. The van der Waals surface area contributed by atoms with Crippen molar-refractivity contribution in [3.8, 4) is 17.2 Å². The number of nitrogens with zero attached hydrogens (tertiary/aromatic N) is 1. The highest BCUT2D eigenvalue weighted by Gasteiger charge is 2.25. The Balaban J connectivity index is 2.03. The van der Waals surface area contributed by atoms with Gasteiger partial charge >= 0.3 is 5.97 Å². The Morgan fingerprint density at radius 1 is 1.08 bits per heavy atom. The molecule has 26 heavy (non-hydrogen) atoms. The maximum Gasteiger partial charge on any atom is 0.345 e. The lowest BCUT2D eigenvalue weighted by molar-refractivity contribution is -0.385. The smallest absolute Gasteiger partial charge is 0.345 e. The molecule has 0 unspecified atom stereocenters. The predicted octanol–water partition coefficient (Wildman–Crippen LogP) is 3.50. The van der Waals surface area contributed by atoms with Crippen LogP contribution in [0.4, 0.5) is 5.69 Å². The molecule has 0 aliphatic heterocycles. The summed E-state index contributed by atoms with van der Waals surface area (Å²) in [6.45, 7) is -0.0125. The van der Waals surface area contributed by atoms with Crippen LogP contribution in [-0.2, 0) is 4.74 Å². The molecule has 0 bridgehead atoms. The number of methoxy groups -OCH3 is 2. The Labute approximate surface area is 154 Å². The minimum Gasteiger partial charge on any atom is -0.493 e. The highest BCUT2D eigenvalue weighted by molar-refractivity contribution is 6.30. The molecule has 2 aromatic carbocycles. The molecule has 0 saturated carbocycles. The molecule has 0 radical (unpaired) electrons. The van der Waals surface area contributed by atoms with E-state index in [4.69, 9.17) is 30.5 Å². The van der Waals surface area contributed by atoms with Crippen molar-refractivity contribution in [3.05, 3.63) is 57.1 Å². The van der Waals surface area contributed by atoms with Crippen molar-refractivity contribution in [2.75, 3.05) is 27.4 Å². The summed E-state index contributed by atoms with van der Waals surface area (Å²) in [5.41, 5.74) is -0.676. The van der Waals surface area contributed by atoms with E-state index in [-0.39, 0.29) is 30.3 Å². The van der Waals surface area contributed by atoms with Gasteiger partial charge in [0.05, 0.1) is 25.2 Å². The molecule has 0 amide bonds. The van der Waals surface area contributed by atoms with Crippen LogP contribution >= 0.6 is 11.6 Å². The fraction of sp³-hybridized carbons (Fsp3) is 0.235. The second kappa shape index (κ2) is 8.91. The maximum atomic E-state index is 12.2. The molecule has 0 N–H and O–H groups in total. The van der Waals surface area contributed by atoms with Crippen LogP contribution in [-0.4, -0.2) is 38.3 Å². The zero-order valence-electron chi connectivity index (χ0n) is 14.1. The Morgan fingerprint density at radius 2 is 1.69 bits per heavy atom. The number of halogens is 1. The van der Waals surface area contributed by atoms with Crippen LogP contribution in [0.15, 0.2) is 36.4 Å². The van der Waals surface area contributed by atoms with Gasteiger partial charge in [-0.25, -0.2) is 4.79 Å². The van der Waals surface area contributed by atoms with Crippen LogP contribution < -0.4 is 14.2 Å². The lowest BCUT2D eigenvalue weighted by Crippen LogP contribution is -2.14. The summed E-state index contributed by atoms with van der Waals surface area (Å²) in [5, 5.41) is 11.8. The minimum atomic E-state index is -0.864. The van der Waals surface area contributed by atoms with Crippen LogP contribution in [0.25, 0.3) is 0 Å². The second-order valence-corrected chi connectivity index (χ2v) is 5.36. The number of nitro groups is 1. The van der Waals surface area contributed by atoms with Gasteiger partial charge in [0.2, 0.25) is 0 Å². The van der Waals surface area contributed by atoms with Gasteiger partial charge in [0.25, 0.3) is 5.69 Å². The second-order valence-electron chi connectivity index (χ2n) is 4.92. The van der Waals surface area contributed by atoms with Crippen LogP contribution in [0.2, 0.25) is 5.02 Å². The number of carbonyl (C=O) groups is 1. The average molecular weight is 382 g/mol. The van der Waals surface area contributed by atoms with Crippen molar-refractivity contribution in [1.29, 1.82) is 0 Å². The third-order valence-corrected chi connectivity index (χ3v) is 3.57. The Bertz CT molecular complexity index is 792. The Hall–Kier alpha value is -3.00. The van der Waals surface area contributed by atoms with Crippen molar-refractivity contribution in [2.24, 2.45) is 0 Å². The summed E-state index contributed by atoms with van der Waals surface area (Å²) >= 11 is 5.77. The quantitative estimate of drug-likeness (QED) is 0.299. The fourth-order valence-electron chi connectivity index (χ4n) is 2.09. The molecular weight excluding hydrogens is 366 g/mol. The van der Waals surface area contributed by atoms with E-state index in [2.05, 4.69) is 0 Å². The molecule has 9 heteroatoms. The van der Waals surface area contributed by atoms with Crippen LogP contribution in [0.5, 0.6) is 17.2 Å². The maximum absolute atomic E-state index is 12.2. The first-order chi connectivity index (χ1) is 12.5. The lowest BCUT2D eigenvalue weighted by atomic mass is 10.1. The van der Waals surface area contributed by atoms with Gasteiger partial charge in [0.15, 0.2) is 11.5 Å². The van der Waals surface area contributed by atoms with E-state index in [1.165, 1.54) is 20.3 Å². The number of rotatable bonds is 8. The van der Waals surface area contributed by atoms with E-state index in [9.17, 15) is 14.9 Å². The number of benzene rings is 2. The third-order valence-electron chi connectivity index (χ3n) is 3.32. The number of hydrogen-bond donors (Lipinski definition) is 0. The number of ether oxygens (including phenoxy) is 4. The zero-order valence-corrected chi connectivity index (χ0v) is 14.8. The third kappa shape index (κ3) is 4.76. The number of nitro benzene ring substituents is 1. The van der Waals surface area contributed by atoms with Crippen molar-refractivity contribution < 1.29 is 28.7 Å². The first-order valence-electron chi connectivity index (χ1n) is 7.42. The van der Waals surface area contributed by atoms with Crippen molar-refractivity contribution in [3.63, 3.8) is 0 Å². The van der Waals surface area contributed by atoms with E-state index in [0.29, 0.717) is 10.8 Å². The lowest BCUT2D eigenvalue weighted by Gasteiger charge is -2.11. The summed E-state index contributed by atoms with van der Waals surface area (Å²) in [4.78, 5) is 22.7. The highest BCUT2D eigenvalue weighted by Crippen LogP contribution is 2.34. The molecule has 0 fully saturated rings. The molecule has 138 valence electrons. The Kier molecular flexibility index (Phi) is 6.62. The SMILES string of the molecule is COc1cc(C(=O)OCCOc2ccc(Cl)cc2)c([N+](=O)[O-])cc1OC. The normalized spacial score (nSPS) is 10.1. The monoisotopic (exact) mass is 381 g/mol. The molecule has 0 heterocycles. The first kappa shape index (κ1) is 19.3. The topological polar surface area (TPSA) is 97.1 Å². The molecule has 0 aliphatic rings. The summed E-state index contributed by atoms with van der Waals surface area (Å²) in [6.07, 6.45) is 0. The van der Waals surface area contributed by atoms with Gasteiger partial charge in [-0.15, -0.1) is 0 Å². The van der Waals surface area contributed by atoms with Gasteiger partial charge in [-0.1, -0.05) is 11.6 Å². The average Bonchev–Trinajstić information content (AvgIpc) is 2.65. The number of esters is 1. The van der Waals surface area contributed by atoms with Crippen LogP contribution in [0.1, 0.15) is 10.4 Å². The van der Waals surface area contributed by atoms with E-state index >= 15 is 0 Å². The molecular formula is C17H16ClNO7. The number of hydrogen-bond acceptors (Lipinski definition) is 7. The van der Waals surface area contributed by atoms with Gasteiger partial charge in [-0.05, 0) is 24.3 Å². The van der Waals surface area contributed by atoms with Gasteiger partial charge in [0.1, 0.15) is 24.5 Å². The summed E-state index contributed by atoms with van der Waals surface area (Å²) in [7, 11) is 2.70. The zero-order chi connectivity index (χ0) is 19.1. The van der Waals surface area contributed by atoms with E-state index in [0.717, 1.165) is 6.07 Å². The molecule has 2 aromatic rings. The van der Waals surface area contributed by atoms with Crippen LogP contribution in [0, 0.1) is 10.1 Å². The number of carbonyl (C=O) groups excluding carboxylic acids is 1. The van der Waals surface area contributed by atoms with Gasteiger partial charge in [0, 0.05) is 11.1 Å². The molecule has 0 aliphatic carbocycles. The first-order valence-corrected chi connectivity index (χ1v) is 7.80. The van der Waals surface area contributed by atoms with Crippen molar-refractivity contribution in [2.45, 2.75) is 0 Å². The van der Waals surface area contributed by atoms with E-state index in [1.54, 1.807) is 24.3 Å². The van der Waals surface area contributed by atoms with Gasteiger partial charge in [-0.2, -0.15) is 0 Å². The summed E-state index contributed by atoms with van der Waals surface area (Å²) in [6, 6.07) is 8.98. The van der Waals surface area contributed by atoms with Gasteiger partial charge in [-0.3, -0.25) is 10.1 Å². The molecule has 8 nitrogen and oxygen atoms in total. The van der Waals surface area contributed by atoms with Crippen molar-refractivity contribution in [1.82, 2.24) is 0 Å². The summed E-state index contributed by atoms with van der Waals surface area (Å²) in [5.74, 6) is 0.0178.